The largest absolute Gasteiger partial charge is 0.341 e. The van der Waals surface area contributed by atoms with E-state index in [-0.39, 0.29) is 17.5 Å². The molecule has 3 aromatic carbocycles. The zero-order valence-electron chi connectivity index (χ0n) is 18.6. The van der Waals surface area contributed by atoms with Gasteiger partial charge < -0.3 is 4.90 Å². The highest BCUT2D eigenvalue weighted by atomic mass is 32.2. The Morgan fingerprint density at radius 3 is 2.42 bits per heavy atom. The number of benzene rings is 3. The van der Waals surface area contributed by atoms with Gasteiger partial charge in [-0.15, -0.1) is 10.2 Å². The van der Waals surface area contributed by atoms with Crippen LogP contribution in [0.15, 0.2) is 84.0 Å². The Kier molecular flexibility index (Phi) is 7.19. The second kappa shape index (κ2) is 10.4. The fraction of sp³-hybridized carbons (Fsp3) is 0.192. The molecule has 5 nitrogen and oxygen atoms in total. The summed E-state index contributed by atoms with van der Waals surface area (Å²) >= 11 is 1.31. The van der Waals surface area contributed by atoms with E-state index in [0.29, 0.717) is 29.6 Å². The van der Waals surface area contributed by atoms with Gasteiger partial charge in [-0.3, -0.25) is 9.36 Å². The third-order valence-electron chi connectivity index (χ3n) is 5.43. The number of carbonyl (C=O) groups excluding carboxylic acids is 1. The van der Waals surface area contributed by atoms with Gasteiger partial charge in [-0.1, -0.05) is 78.5 Å². The van der Waals surface area contributed by atoms with Crippen molar-refractivity contribution in [2.75, 3.05) is 12.8 Å². The molecule has 33 heavy (non-hydrogen) atoms. The smallest absolute Gasteiger partial charge is 0.233 e. The average molecular weight is 461 g/mol. The van der Waals surface area contributed by atoms with E-state index in [9.17, 15) is 9.18 Å². The molecule has 0 aliphatic carbocycles. The molecule has 0 atom stereocenters. The lowest BCUT2D eigenvalue weighted by molar-refractivity contribution is -0.127. The van der Waals surface area contributed by atoms with Gasteiger partial charge in [-0.05, 0) is 35.7 Å². The van der Waals surface area contributed by atoms with Crippen LogP contribution in [0.25, 0.3) is 11.4 Å². The topological polar surface area (TPSA) is 51.0 Å². The normalized spacial score (nSPS) is 10.9. The highest BCUT2D eigenvalue weighted by molar-refractivity contribution is 7.99. The van der Waals surface area contributed by atoms with Crippen LogP contribution in [-0.2, 0) is 17.9 Å². The molecule has 0 saturated carbocycles. The molecule has 7 heteroatoms. The van der Waals surface area contributed by atoms with E-state index in [1.165, 1.54) is 17.8 Å². The second-order valence-corrected chi connectivity index (χ2v) is 8.77. The Morgan fingerprint density at radius 2 is 1.67 bits per heavy atom. The molecule has 0 aliphatic rings. The number of thioether (sulfide) groups is 1. The van der Waals surface area contributed by atoms with Gasteiger partial charge in [0.25, 0.3) is 0 Å². The SMILES string of the molecule is Cc1ccccc1CN(C)C(=O)CSc1nnc(-c2ccccc2F)n1Cc1ccccc1. The maximum absolute atomic E-state index is 14.5. The first-order valence-electron chi connectivity index (χ1n) is 10.7. The van der Waals surface area contributed by atoms with Crippen LogP contribution in [0.4, 0.5) is 4.39 Å². The molecule has 0 unspecified atom stereocenters. The van der Waals surface area contributed by atoms with Gasteiger partial charge in [0.1, 0.15) is 5.82 Å². The van der Waals surface area contributed by atoms with Crippen molar-refractivity contribution in [3.05, 3.63) is 101 Å². The molecule has 0 saturated heterocycles. The summed E-state index contributed by atoms with van der Waals surface area (Å²) in [7, 11) is 1.80. The van der Waals surface area contributed by atoms with Crippen molar-refractivity contribution < 1.29 is 9.18 Å². The van der Waals surface area contributed by atoms with Crippen molar-refractivity contribution in [2.24, 2.45) is 0 Å². The highest BCUT2D eigenvalue weighted by Gasteiger charge is 2.19. The van der Waals surface area contributed by atoms with Gasteiger partial charge in [-0.2, -0.15) is 0 Å². The predicted octanol–water partition coefficient (Wildman–Crippen LogP) is 5.19. The first kappa shape index (κ1) is 22.7. The highest BCUT2D eigenvalue weighted by Crippen LogP contribution is 2.27. The van der Waals surface area contributed by atoms with E-state index >= 15 is 0 Å². The third-order valence-corrected chi connectivity index (χ3v) is 6.39. The number of nitrogens with zero attached hydrogens (tertiary/aromatic N) is 4. The molecule has 4 aromatic rings. The standard InChI is InChI=1S/C26H25FN4OS/c1-19-10-6-7-13-21(19)17-30(2)24(32)18-33-26-29-28-25(22-14-8-9-15-23(22)27)31(26)16-20-11-4-3-5-12-20/h3-15H,16-18H2,1-2H3. The van der Waals surface area contributed by atoms with Crippen molar-refractivity contribution in [3.8, 4) is 11.4 Å². The molecule has 1 heterocycles. The number of carbonyl (C=O) groups is 1. The molecule has 1 aromatic heterocycles. The van der Waals surface area contributed by atoms with Crippen molar-refractivity contribution in [1.29, 1.82) is 0 Å². The van der Waals surface area contributed by atoms with E-state index in [4.69, 9.17) is 0 Å². The minimum atomic E-state index is -0.357. The minimum absolute atomic E-state index is 0.00930. The number of rotatable bonds is 8. The number of hydrogen-bond acceptors (Lipinski definition) is 4. The van der Waals surface area contributed by atoms with E-state index in [0.717, 1.165) is 16.7 Å². The molecule has 0 N–H and O–H groups in total. The van der Waals surface area contributed by atoms with Gasteiger partial charge in [-0.25, -0.2) is 4.39 Å². The molecule has 0 aliphatic heterocycles. The molecule has 0 fully saturated rings. The lowest BCUT2D eigenvalue weighted by Gasteiger charge is -2.18. The lowest BCUT2D eigenvalue weighted by atomic mass is 10.1. The van der Waals surface area contributed by atoms with Gasteiger partial charge in [0.05, 0.1) is 17.9 Å². The summed E-state index contributed by atoms with van der Waals surface area (Å²) in [6.45, 7) is 3.06. The summed E-state index contributed by atoms with van der Waals surface area (Å²) in [6.07, 6.45) is 0. The van der Waals surface area contributed by atoms with Crippen molar-refractivity contribution >= 4 is 17.7 Å². The minimum Gasteiger partial charge on any atom is -0.341 e. The van der Waals surface area contributed by atoms with Crippen LogP contribution in [0.2, 0.25) is 0 Å². The fourth-order valence-corrected chi connectivity index (χ4v) is 4.39. The fourth-order valence-electron chi connectivity index (χ4n) is 3.51. The summed E-state index contributed by atoms with van der Waals surface area (Å²) in [5.74, 6) is 0.293. The van der Waals surface area contributed by atoms with E-state index < -0.39 is 0 Å². The number of aryl methyl sites for hydroxylation is 1. The quantitative estimate of drug-likeness (QED) is 0.340. The first-order valence-corrected chi connectivity index (χ1v) is 11.6. The molecular formula is C26H25FN4OS. The van der Waals surface area contributed by atoms with E-state index in [1.807, 2.05) is 66.1 Å². The Morgan fingerprint density at radius 1 is 0.970 bits per heavy atom. The predicted molar refractivity (Wildman–Crippen MR) is 129 cm³/mol. The van der Waals surface area contributed by atoms with Crippen molar-refractivity contribution in [1.82, 2.24) is 19.7 Å². The molecule has 1 amide bonds. The molecule has 168 valence electrons. The molecule has 0 radical (unpaired) electrons. The second-order valence-electron chi connectivity index (χ2n) is 7.82. The number of amides is 1. The molecule has 0 spiro atoms. The summed E-state index contributed by atoms with van der Waals surface area (Å²) in [6, 6.07) is 24.4. The van der Waals surface area contributed by atoms with Crippen LogP contribution < -0.4 is 0 Å². The van der Waals surface area contributed by atoms with E-state index in [2.05, 4.69) is 10.2 Å². The third kappa shape index (κ3) is 5.49. The summed E-state index contributed by atoms with van der Waals surface area (Å²) in [5.41, 5.74) is 3.70. The van der Waals surface area contributed by atoms with Crippen LogP contribution in [-0.4, -0.2) is 38.4 Å². The van der Waals surface area contributed by atoms with Crippen molar-refractivity contribution in [3.63, 3.8) is 0 Å². The Labute approximate surface area is 197 Å². The van der Waals surface area contributed by atoms with Gasteiger partial charge in [0.15, 0.2) is 11.0 Å². The average Bonchev–Trinajstić information content (AvgIpc) is 3.22. The van der Waals surface area contributed by atoms with Gasteiger partial charge >= 0.3 is 0 Å². The van der Waals surface area contributed by atoms with Crippen LogP contribution in [0.5, 0.6) is 0 Å². The van der Waals surface area contributed by atoms with Crippen LogP contribution in [0.3, 0.4) is 0 Å². The molecular weight excluding hydrogens is 435 g/mol. The zero-order valence-corrected chi connectivity index (χ0v) is 19.4. The first-order chi connectivity index (χ1) is 16.0. The van der Waals surface area contributed by atoms with Gasteiger partial charge in [0, 0.05) is 13.6 Å². The van der Waals surface area contributed by atoms with Crippen molar-refractivity contribution in [2.45, 2.75) is 25.2 Å². The summed E-state index contributed by atoms with van der Waals surface area (Å²) in [5, 5.41) is 9.15. The van der Waals surface area contributed by atoms with Gasteiger partial charge in [0.2, 0.25) is 5.91 Å². The Bertz CT molecular complexity index is 1240. The van der Waals surface area contributed by atoms with E-state index in [1.54, 1.807) is 30.1 Å². The number of halogens is 1. The lowest BCUT2D eigenvalue weighted by Crippen LogP contribution is -2.28. The van der Waals surface area contributed by atoms with Crippen LogP contribution >= 0.6 is 11.8 Å². The zero-order chi connectivity index (χ0) is 23.2. The number of aromatic nitrogens is 3. The maximum atomic E-state index is 14.5. The molecule has 0 bridgehead atoms. The Hall–Kier alpha value is -3.45. The summed E-state index contributed by atoms with van der Waals surface area (Å²) in [4.78, 5) is 14.5. The summed E-state index contributed by atoms with van der Waals surface area (Å²) < 4.78 is 16.4. The monoisotopic (exact) mass is 460 g/mol. The maximum Gasteiger partial charge on any atom is 0.233 e. The number of hydrogen-bond donors (Lipinski definition) is 0. The Balaban J connectivity index is 1.54. The van der Waals surface area contributed by atoms with Crippen LogP contribution in [0.1, 0.15) is 16.7 Å². The van der Waals surface area contributed by atoms with Crippen LogP contribution in [0, 0.1) is 12.7 Å². The molecule has 4 rings (SSSR count).